The summed E-state index contributed by atoms with van der Waals surface area (Å²) in [6.07, 6.45) is 5.04. The van der Waals surface area contributed by atoms with Crippen molar-refractivity contribution in [1.82, 2.24) is 5.32 Å². The van der Waals surface area contributed by atoms with Gasteiger partial charge in [0.1, 0.15) is 5.75 Å². The van der Waals surface area contributed by atoms with Crippen molar-refractivity contribution in [1.29, 1.82) is 0 Å². The molecule has 0 aromatic heterocycles. The van der Waals surface area contributed by atoms with Gasteiger partial charge in [-0.05, 0) is 68.2 Å². The van der Waals surface area contributed by atoms with E-state index in [9.17, 15) is 4.79 Å². The Bertz CT molecular complexity index is 784. The van der Waals surface area contributed by atoms with Crippen LogP contribution in [0.1, 0.15) is 38.3 Å². The van der Waals surface area contributed by atoms with E-state index >= 15 is 0 Å². The summed E-state index contributed by atoms with van der Waals surface area (Å²) in [6, 6.07) is 13.6. The molecule has 1 N–H and O–H groups in total. The minimum absolute atomic E-state index is 0.118. The van der Waals surface area contributed by atoms with Gasteiger partial charge in [-0.2, -0.15) is 0 Å². The maximum absolute atomic E-state index is 12.1. The highest BCUT2D eigenvalue weighted by Crippen LogP contribution is 2.28. The van der Waals surface area contributed by atoms with Crippen LogP contribution in [-0.4, -0.2) is 32.3 Å². The first kappa shape index (κ1) is 22.3. The van der Waals surface area contributed by atoms with Gasteiger partial charge in [0.2, 0.25) is 5.91 Å². The minimum atomic E-state index is -0.118. The fourth-order valence-electron chi connectivity index (χ4n) is 2.71. The van der Waals surface area contributed by atoms with Crippen molar-refractivity contribution in [3.63, 3.8) is 0 Å². The molecule has 0 bridgehead atoms. The molecule has 0 fully saturated rings. The van der Waals surface area contributed by atoms with Crippen LogP contribution in [0.4, 0.5) is 0 Å². The van der Waals surface area contributed by atoms with Crippen molar-refractivity contribution < 1.29 is 19.0 Å². The Labute approximate surface area is 173 Å². The molecule has 5 nitrogen and oxygen atoms in total. The molecule has 0 unspecified atom stereocenters. The summed E-state index contributed by atoms with van der Waals surface area (Å²) in [5, 5.41) is 2.91. The van der Waals surface area contributed by atoms with Crippen molar-refractivity contribution in [2.45, 2.75) is 33.6 Å². The quantitative estimate of drug-likeness (QED) is 0.530. The fourth-order valence-corrected chi connectivity index (χ4v) is 2.71. The van der Waals surface area contributed by atoms with Crippen LogP contribution in [0.15, 0.2) is 48.5 Å². The van der Waals surface area contributed by atoms with Crippen LogP contribution in [0.2, 0.25) is 0 Å². The molecule has 0 aliphatic carbocycles. The number of benzene rings is 2. The van der Waals surface area contributed by atoms with E-state index < -0.39 is 0 Å². The van der Waals surface area contributed by atoms with Gasteiger partial charge in [-0.15, -0.1) is 0 Å². The van der Waals surface area contributed by atoms with Gasteiger partial charge >= 0.3 is 0 Å². The Morgan fingerprint density at radius 3 is 2.34 bits per heavy atom. The third kappa shape index (κ3) is 7.90. The van der Waals surface area contributed by atoms with Gasteiger partial charge in [-0.3, -0.25) is 4.79 Å². The van der Waals surface area contributed by atoms with Crippen molar-refractivity contribution >= 4 is 12.0 Å². The normalized spacial score (nSPS) is 10.7. The van der Waals surface area contributed by atoms with Crippen molar-refractivity contribution in [3.05, 3.63) is 59.7 Å². The largest absolute Gasteiger partial charge is 0.494 e. The van der Waals surface area contributed by atoms with E-state index in [1.165, 1.54) is 0 Å². The van der Waals surface area contributed by atoms with Crippen LogP contribution in [-0.2, 0) is 11.2 Å². The van der Waals surface area contributed by atoms with E-state index in [0.717, 1.165) is 41.2 Å². The zero-order valence-corrected chi connectivity index (χ0v) is 17.6. The lowest BCUT2D eigenvalue weighted by atomic mass is 10.1. The standard InChI is InChI=1S/C24H31NO4/c1-4-17-29-21-11-7-19(8-12-21)10-14-24(26)25-16-15-20-9-13-22(27-5-2)23(18-20)28-6-3/h7-14,18H,4-6,15-17H2,1-3H3,(H,25,26)/b14-10+. The smallest absolute Gasteiger partial charge is 0.244 e. The van der Waals surface area contributed by atoms with Gasteiger partial charge in [0, 0.05) is 12.6 Å². The Hall–Kier alpha value is -2.95. The van der Waals surface area contributed by atoms with Gasteiger partial charge in [0.05, 0.1) is 19.8 Å². The molecule has 0 heterocycles. The van der Waals surface area contributed by atoms with E-state index in [-0.39, 0.29) is 5.91 Å². The number of rotatable bonds is 12. The lowest BCUT2D eigenvalue weighted by Gasteiger charge is -2.12. The predicted octanol–water partition coefficient (Wildman–Crippen LogP) is 4.64. The highest BCUT2D eigenvalue weighted by molar-refractivity contribution is 5.91. The summed E-state index contributed by atoms with van der Waals surface area (Å²) < 4.78 is 16.8. The van der Waals surface area contributed by atoms with E-state index in [4.69, 9.17) is 14.2 Å². The van der Waals surface area contributed by atoms with Crippen molar-refractivity contribution in [3.8, 4) is 17.2 Å². The second-order valence-corrected chi connectivity index (χ2v) is 6.44. The molecule has 29 heavy (non-hydrogen) atoms. The number of hydrogen-bond donors (Lipinski definition) is 1. The highest BCUT2D eigenvalue weighted by Gasteiger charge is 2.06. The van der Waals surface area contributed by atoms with E-state index in [0.29, 0.717) is 26.4 Å². The Balaban J connectivity index is 1.81. The molecule has 0 saturated carbocycles. The van der Waals surface area contributed by atoms with Gasteiger partial charge < -0.3 is 19.5 Å². The molecular weight excluding hydrogens is 366 g/mol. The summed E-state index contributed by atoms with van der Waals surface area (Å²) in [5.41, 5.74) is 2.04. The maximum atomic E-state index is 12.1. The van der Waals surface area contributed by atoms with Crippen LogP contribution < -0.4 is 19.5 Å². The Kier molecular flexibility index (Phi) is 9.63. The minimum Gasteiger partial charge on any atom is -0.494 e. The molecule has 0 aliphatic rings. The second-order valence-electron chi connectivity index (χ2n) is 6.44. The van der Waals surface area contributed by atoms with E-state index in [2.05, 4.69) is 12.2 Å². The van der Waals surface area contributed by atoms with E-state index in [1.54, 1.807) is 12.2 Å². The molecule has 0 atom stereocenters. The van der Waals surface area contributed by atoms with Gasteiger partial charge in [-0.1, -0.05) is 25.1 Å². The third-order valence-electron chi connectivity index (χ3n) is 4.10. The van der Waals surface area contributed by atoms with Crippen LogP contribution in [0, 0.1) is 0 Å². The van der Waals surface area contributed by atoms with Gasteiger partial charge in [0.15, 0.2) is 11.5 Å². The summed E-state index contributed by atoms with van der Waals surface area (Å²) >= 11 is 0. The van der Waals surface area contributed by atoms with Crippen LogP contribution in [0.5, 0.6) is 17.2 Å². The van der Waals surface area contributed by atoms with Crippen LogP contribution in [0.3, 0.4) is 0 Å². The van der Waals surface area contributed by atoms with Crippen LogP contribution >= 0.6 is 0 Å². The predicted molar refractivity (Wildman–Crippen MR) is 117 cm³/mol. The number of carbonyl (C=O) groups excluding carboxylic acids is 1. The lowest BCUT2D eigenvalue weighted by Crippen LogP contribution is -2.23. The second kappa shape index (κ2) is 12.5. The molecule has 2 aromatic carbocycles. The molecule has 2 rings (SSSR count). The van der Waals surface area contributed by atoms with Gasteiger partial charge in [-0.25, -0.2) is 0 Å². The molecule has 5 heteroatoms. The van der Waals surface area contributed by atoms with Crippen molar-refractivity contribution in [2.24, 2.45) is 0 Å². The molecule has 0 radical (unpaired) electrons. The molecule has 156 valence electrons. The number of amides is 1. The summed E-state index contributed by atoms with van der Waals surface area (Å²) in [4.78, 5) is 12.1. The average Bonchev–Trinajstić information content (AvgIpc) is 2.73. The molecule has 1 amide bonds. The topological polar surface area (TPSA) is 56.8 Å². The maximum Gasteiger partial charge on any atom is 0.244 e. The summed E-state index contributed by atoms with van der Waals surface area (Å²) in [6.45, 7) is 8.39. The first-order chi connectivity index (χ1) is 14.2. The number of nitrogens with one attached hydrogen (secondary N) is 1. The molecule has 0 saturated heterocycles. The molecule has 2 aromatic rings. The fraction of sp³-hybridized carbons (Fsp3) is 0.375. The number of hydrogen-bond acceptors (Lipinski definition) is 4. The summed E-state index contributed by atoms with van der Waals surface area (Å²) in [5.74, 6) is 2.21. The summed E-state index contributed by atoms with van der Waals surface area (Å²) in [7, 11) is 0. The first-order valence-electron chi connectivity index (χ1n) is 10.2. The van der Waals surface area contributed by atoms with Crippen LogP contribution in [0.25, 0.3) is 6.08 Å². The third-order valence-corrected chi connectivity index (χ3v) is 4.10. The molecule has 0 aliphatic heterocycles. The van der Waals surface area contributed by atoms with Crippen molar-refractivity contribution in [2.75, 3.05) is 26.4 Å². The Morgan fingerprint density at radius 1 is 0.931 bits per heavy atom. The molecular formula is C24H31NO4. The zero-order chi connectivity index (χ0) is 20.9. The lowest BCUT2D eigenvalue weighted by molar-refractivity contribution is -0.116. The van der Waals surface area contributed by atoms with E-state index in [1.807, 2.05) is 56.3 Å². The number of ether oxygens (including phenoxy) is 3. The average molecular weight is 398 g/mol. The van der Waals surface area contributed by atoms with Gasteiger partial charge in [0.25, 0.3) is 0 Å². The number of carbonyl (C=O) groups is 1. The Morgan fingerprint density at radius 2 is 1.66 bits per heavy atom. The monoisotopic (exact) mass is 397 g/mol. The highest BCUT2D eigenvalue weighted by atomic mass is 16.5. The SMILES string of the molecule is CCCOc1ccc(/C=C/C(=O)NCCc2ccc(OCC)c(OCC)c2)cc1. The first-order valence-corrected chi connectivity index (χ1v) is 10.2. The molecule has 0 spiro atoms. The zero-order valence-electron chi connectivity index (χ0n) is 17.6.